The Bertz CT molecular complexity index is 453. The number of carbonyl (C=O) groups is 1. The highest BCUT2D eigenvalue weighted by atomic mass is 32.2. The highest BCUT2D eigenvalue weighted by Gasteiger charge is 2.19. The molecule has 0 radical (unpaired) electrons. The summed E-state index contributed by atoms with van der Waals surface area (Å²) in [7, 11) is 0. The number of thioether (sulfide) groups is 1. The van der Waals surface area contributed by atoms with Crippen molar-refractivity contribution in [1.29, 1.82) is 0 Å². The fraction of sp³-hybridized carbons (Fsp3) is 0.417. The van der Waals surface area contributed by atoms with Crippen molar-refractivity contribution in [3.8, 4) is 11.8 Å². The van der Waals surface area contributed by atoms with E-state index < -0.39 is 0 Å². The first-order valence-electron chi connectivity index (χ1n) is 5.38. The van der Waals surface area contributed by atoms with Crippen LogP contribution in [0.15, 0.2) is 12.1 Å². The second-order valence-electron chi connectivity index (χ2n) is 3.66. The van der Waals surface area contributed by atoms with Gasteiger partial charge < -0.3 is 10.4 Å². The number of rotatable bonds is 2. The molecule has 1 aliphatic rings. The van der Waals surface area contributed by atoms with Gasteiger partial charge in [-0.3, -0.25) is 4.79 Å². The average molecular weight is 267 g/mol. The van der Waals surface area contributed by atoms with Crippen LogP contribution in [-0.2, 0) is 0 Å². The topological polar surface area (TPSA) is 49.3 Å². The Hall–Kier alpha value is -0.960. The molecule has 3 nitrogen and oxygen atoms in total. The molecule has 0 aromatic carbocycles. The molecule has 0 spiro atoms. The molecule has 2 heterocycles. The quantitative estimate of drug-likeness (QED) is 0.795. The van der Waals surface area contributed by atoms with E-state index in [1.165, 1.54) is 11.3 Å². The first kappa shape index (κ1) is 12.5. The summed E-state index contributed by atoms with van der Waals surface area (Å²) in [5, 5.41) is 11.6. The Morgan fingerprint density at radius 2 is 2.47 bits per heavy atom. The summed E-state index contributed by atoms with van der Waals surface area (Å²) >= 11 is 3.23. The molecular weight excluding hydrogens is 254 g/mol. The Labute approximate surface area is 109 Å². The van der Waals surface area contributed by atoms with Crippen LogP contribution in [0.3, 0.4) is 0 Å². The molecule has 2 rings (SSSR count). The smallest absolute Gasteiger partial charge is 0.261 e. The number of thiophene rings is 1. The molecule has 1 atom stereocenters. The van der Waals surface area contributed by atoms with Crippen LogP contribution in [0.5, 0.6) is 0 Å². The van der Waals surface area contributed by atoms with Gasteiger partial charge in [-0.05, 0) is 24.3 Å². The van der Waals surface area contributed by atoms with Crippen molar-refractivity contribution in [2.75, 3.05) is 18.1 Å². The summed E-state index contributed by atoms with van der Waals surface area (Å²) in [6.07, 6.45) is 1.05. The van der Waals surface area contributed by atoms with Gasteiger partial charge in [-0.2, -0.15) is 11.8 Å². The standard InChI is InChI=1S/C12H13NO2S2/c14-6-1-2-10-3-4-11(17-10)12(15)13-9-5-7-16-8-9/h3-4,9,14H,5-8H2,(H,13,15). The fourth-order valence-electron chi connectivity index (χ4n) is 1.56. The molecule has 17 heavy (non-hydrogen) atoms. The fourth-order valence-corrected chi connectivity index (χ4v) is 3.49. The van der Waals surface area contributed by atoms with Crippen LogP contribution in [0.4, 0.5) is 0 Å². The van der Waals surface area contributed by atoms with E-state index in [-0.39, 0.29) is 12.5 Å². The summed E-state index contributed by atoms with van der Waals surface area (Å²) in [6, 6.07) is 3.90. The van der Waals surface area contributed by atoms with E-state index >= 15 is 0 Å². The molecule has 1 fully saturated rings. The second kappa shape index (κ2) is 6.10. The largest absolute Gasteiger partial charge is 0.384 e. The van der Waals surface area contributed by atoms with E-state index in [9.17, 15) is 4.79 Å². The molecule has 0 aliphatic carbocycles. The molecule has 1 aromatic heterocycles. The third-order valence-corrected chi connectivity index (χ3v) is 4.55. The second-order valence-corrected chi connectivity index (χ2v) is 5.89. The molecule has 1 saturated heterocycles. The maximum absolute atomic E-state index is 11.9. The third kappa shape index (κ3) is 3.50. The van der Waals surface area contributed by atoms with Crippen molar-refractivity contribution in [3.63, 3.8) is 0 Å². The van der Waals surface area contributed by atoms with Gasteiger partial charge in [-0.1, -0.05) is 11.8 Å². The summed E-state index contributed by atoms with van der Waals surface area (Å²) in [4.78, 5) is 13.4. The van der Waals surface area contributed by atoms with Gasteiger partial charge in [0.1, 0.15) is 6.61 Å². The van der Waals surface area contributed by atoms with Crippen molar-refractivity contribution in [3.05, 3.63) is 21.9 Å². The zero-order chi connectivity index (χ0) is 12.1. The Morgan fingerprint density at radius 1 is 1.59 bits per heavy atom. The third-order valence-electron chi connectivity index (χ3n) is 2.39. The maximum atomic E-state index is 11.9. The van der Waals surface area contributed by atoms with Crippen LogP contribution in [0, 0.1) is 11.8 Å². The van der Waals surface area contributed by atoms with Gasteiger partial charge in [-0.25, -0.2) is 0 Å². The number of hydrogen-bond donors (Lipinski definition) is 2. The van der Waals surface area contributed by atoms with E-state index in [2.05, 4.69) is 17.2 Å². The summed E-state index contributed by atoms with van der Waals surface area (Å²) in [5.41, 5.74) is 0. The lowest BCUT2D eigenvalue weighted by atomic mass is 10.2. The molecule has 5 heteroatoms. The number of amides is 1. The Morgan fingerprint density at radius 3 is 3.18 bits per heavy atom. The average Bonchev–Trinajstić information content (AvgIpc) is 2.96. The van der Waals surface area contributed by atoms with Crippen LogP contribution in [0.25, 0.3) is 0 Å². The highest BCUT2D eigenvalue weighted by Crippen LogP contribution is 2.19. The predicted molar refractivity (Wildman–Crippen MR) is 71.5 cm³/mol. The van der Waals surface area contributed by atoms with Crippen LogP contribution in [0.1, 0.15) is 21.0 Å². The van der Waals surface area contributed by atoms with Crippen LogP contribution < -0.4 is 5.32 Å². The lowest BCUT2D eigenvalue weighted by Crippen LogP contribution is -2.34. The minimum absolute atomic E-state index is 0.0143. The van der Waals surface area contributed by atoms with Gasteiger partial charge in [0.2, 0.25) is 0 Å². The Balaban J connectivity index is 1.96. The van der Waals surface area contributed by atoms with E-state index in [0.717, 1.165) is 22.8 Å². The summed E-state index contributed by atoms with van der Waals surface area (Å²) < 4.78 is 0. The van der Waals surface area contributed by atoms with Gasteiger partial charge in [0, 0.05) is 11.8 Å². The molecule has 1 aliphatic heterocycles. The van der Waals surface area contributed by atoms with Crippen molar-refractivity contribution in [2.24, 2.45) is 0 Å². The van der Waals surface area contributed by atoms with Crippen molar-refractivity contribution < 1.29 is 9.90 Å². The summed E-state index contributed by atoms with van der Waals surface area (Å²) in [6.45, 7) is -0.154. The van der Waals surface area contributed by atoms with E-state index in [0.29, 0.717) is 10.9 Å². The molecule has 1 unspecified atom stereocenters. The van der Waals surface area contributed by atoms with Gasteiger partial charge in [-0.15, -0.1) is 11.3 Å². The lowest BCUT2D eigenvalue weighted by Gasteiger charge is -2.09. The molecule has 2 N–H and O–H groups in total. The highest BCUT2D eigenvalue weighted by molar-refractivity contribution is 7.99. The van der Waals surface area contributed by atoms with E-state index in [1.807, 2.05) is 17.8 Å². The van der Waals surface area contributed by atoms with E-state index in [4.69, 9.17) is 5.11 Å². The number of aliphatic hydroxyl groups is 1. The minimum Gasteiger partial charge on any atom is -0.384 e. The van der Waals surface area contributed by atoms with Crippen LogP contribution >= 0.6 is 23.1 Å². The van der Waals surface area contributed by atoms with Crippen molar-refractivity contribution in [1.82, 2.24) is 5.32 Å². The van der Waals surface area contributed by atoms with E-state index in [1.54, 1.807) is 6.07 Å². The van der Waals surface area contributed by atoms with Gasteiger partial charge in [0.15, 0.2) is 0 Å². The zero-order valence-corrected chi connectivity index (χ0v) is 10.9. The first-order valence-corrected chi connectivity index (χ1v) is 7.35. The lowest BCUT2D eigenvalue weighted by molar-refractivity contribution is 0.0945. The first-order chi connectivity index (χ1) is 8.29. The summed E-state index contributed by atoms with van der Waals surface area (Å²) in [5.74, 6) is 7.49. The minimum atomic E-state index is -0.154. The number of hydrogen-bond acceptors (Lipinski definition) is 4. The molecule has 90 valence electrons. The van der Waals surface area contributed by atoms with Crippen molar-refractivity contribution in [2.45, 2.75) is 12.5 Å². The molecule has 0 bridgehead atoms. The molecule has 1 amide bonds. The van der Waals surface area contributed by atoms with Crippen molar-refractivity contribution >= 4 is 29.0 Å². The van der Waals surface area contributed by atoms with Gasteiger partial charge in [0.25, 0.3) is 5.91 Å². The Kier molecular flexibility index (Phi) is 4.49. The van der Waals surface area contributed by atoms with Crippen LogP contribution in [0.2, 0.25) is 0 Å². The molecular formula is C12H13NO2S2. The van der Waals surface area contributed by atoms with Gasteiger partial charge >= 0.3 is 0 Å². The SMILES string of the molecule is O=C(NC1CCSC1)c1ccc(C#CCO)s1. The van der Waals surface area contributed by atoms with Crippen LogP contribution in [-0.4, -0.2) is 35.2 Å². The number of carbonyl (C=O) groups excluding carboxylic acids is 1. The van der Waals surface area contributed by atoms with Gasteiger partial charge in [0.05, 0.1) is 9.75 Å². The predicted octanol–water partition coefficient (Wildman–Crippen LogP) is 1.33. The molecule has 0 saturated carbocycles. The normalized spacial score (nSPS) is 18.5. The zero-order valence-electron chi connectivity index (χ0n) is 9.23. The number of aliphatic hydroxyl groups excluding tert-OH is 1. The maximum Gasteiger partial charge on any atom is 0.261 e. The molecule has 1 aromatic rings. The monoisotopic (exact) mass is 267 g/mol. The number of nitrogens with one attached hydrogen (secondary N) is 1.